The van der Waals surface area contributed by atoms with Crippen LogP contribution in [-0.2, 0) is 13.0 Å². The van der Waals surface area contributed by atoms with Gasteiger partial charge in [-0.25, -0.2) is 0 Å². The van der Waals surface area contributed by atoms with Crippen LogP contribution < -0.4 is 5.32 Å². The second kappa shape index (κ2) is 4.67. The van der Waals surface area contributed by atoms with Gasteiger partial charge in [0.2, 0.25) is 4.96 Å². The van der Waals surface area contributed by atoms with Crippen molar-refractivity contribution in [1.29, 1.82) is 0 Å². The van der Waals surface area contributed by atoms with E-state index in [1.807, 2.05) is 4.52 Å². The molecule has 2 aromatic heterocycles. The molecule has 15 heavy (non-hydrogen) atoms. The number of nitrogens with one attached hydrogen (secondary N) is 1. The zero-order chi connectivity index (χ0) is 10.7. The summed E-state index contributed by atoms with van der Waals surface area (Å²) < 4.78 is 1.84. The Hall–Kier alpha value is -1.01. The second-order valence-corrected chi connectivity index (χ2v) is 4.38. The molecule has 0 spiro atoms. The van der Waals surface area contributed by atoms with E-state index in [1.54, 1.807) is 11.3 Å². The first-order chi connectivity index (χ1) is 7.35. The highest BCUT2D eigenvalue weighted by molar-refractivity contribution is 7.16. The summed E-state index contributed by atoms with van der Waals surface area (Å²) >= 11 is 1.60. The molecule has 0 bridgehead atoms. The number of rotatable bonds is 5. The summed E-state index contributed by atoms with van der Waals surface area (Å²) in [4.78, 5) is 0.889. The molecule has 82 valence electrons. The third-order valence-electron chi connectivity index (χ3n) is 2.12. The van der Waals surface area contributed by atoms with Crippen LogP contribution >= 0.6 is 11.3 Å². The lowest BCUT2D eigenvalue weighted by Crippen LogP contribution is -2.13. The number of fused-ring (bicyclic) bond motifs is 1. The smallest absolute Gasteiger partial charge is 0.234 e. The largest absolute Gasteiger partial charge is 0.310 e. The van der Waals surface area contributed by atoms with Gasteiger partial charge >= 0.3 is 0 Å². The molecule has 2 heterocycles. The zero-order valence-electron chi connectivity index (χ0n) is 9.03. The normalized spacial score (nSPS) is 11.3. The summed E-state index contributed by atoms with van der Waals surface area (Å²) in [6.45, 7) is 6.07. The summed E-state index contributed by atoms with van der Waals surface area (Å²) in [7, 11) is 0. The monoisotopic (exact) mass is 225 g/mol. The highest BCUT2D eigenvalue weighted by atomic mass is 32.1. The molecule has 0 saturated carbocycles. The zero-order valence-corrected chi connectivity index (χ0v) is 9.84. The van der Waals surface area contributed by atoms with E-state index in [1.165, 1.54) is 0 Å². The van der Waals surface area contributed by atoms with Crippen LogP contribution in [0, 0.1) is 0 Å². The second-order valence-electron chi connectivity index (χ2n) is 3.34. The molecule has 0 fully saturated rings. The van der Waals surface area contributed by atoms with Gasteiger partial charge in [-0.3, -0.25) is 0 Å². The van der Waals surface area contributed by atoms with Crippen LogP contribution in [-0.4, -0.2) is 26.4 Å². The van der Waals surface area contributed by atoms with Gasteiger partial charge in [0, 0.05) is 13.0 Å². The van der Waals surface area contributed by atoms with E-state index in [0.29, 0.717) is 0 Å². The Balaban J connectivity index is 2.13. The maximum atomic E-state index is 4.46. The van der Waals surface area contributed by atoms with Crippen molar-refractivity contribution in [1.82, 2.24) is 25.1 Å². The van der Waals surface area contributed by atoms with E-state index >= 15 is 0 Å². The van der Waals surface area contributed by atoms with Crippen LogP contribution in [0.3, 0.4) is 0 Å². The fourth-order valence-corrected chi connectivity index (χ4v) is 2.18. The molecule has 0 amide bonds. The van der Waals surface area contributed by atoms with Crippen molar-refractivity contribution in [2.24, 2.45) is 0 Å². The molecule has 0 unspecified atom stereocenters. The Morgan fingerprint density at radius 1 is 1.33 bits per heavy atom. The fourth-order valence-electron chi connectivity index (χ4n) is 1.36. The maximum Gasteiger partial charge on any atom is 0.234 e. The predicted molar refractivity (Wildman–Crippen MR) is 60.0 cm³/mol. The molecule has 0 aliphatic rings. The van der Waals surface area contributed by atoms with Crippen molar-refractivity contribution in [2.45, 2.75) is 33.2 Å². The summed E-state index contributed by atoms with van der Waals surface area (Å²) in [6.07, 6.45) is 2.01. The van der Waals surface area contributed by atoms with Crippen molar-refractivity contribution < 1.29 is 0 Å². The van der Waals surface area contributed by atoms with Crippen molar-refractivity contribution in [3.8, 4) is 0 Å². The van der Waals surface area contributed by atoms with Crippen LogP contribution in [0.25, 0.3) is 4.96 Å². The molecule has 0 aromatic carbocycles. The fraction of sp³-hybridized carbons (Fsp3) is 0.667. The van der Waals surface area contributed by atoms with Gasteiger partial charge in [0.1, 0.15) is 5.01 Å². The third-order valence-corrected chi connectivity index (χ3v) is 3.02. The van der Waals surface area contributed by atoms with Gasteiger partial charge < -0.3 is 5.32 Å². The van der Waals surface area contributed by atoms with Crippen LogP contribution in [0.1, 0.15) is 31.1 Å². The lowest BCUT2D eigenvalue weighted by Gasteiger charge is -1.96. The van der Waals surface area contributed by atoms with Gasteiger partial charge in [-0.1, -0.05) is 25.2 Å². The van der Waals surface area contributed by atoms with E-state index in [-0.39, 0.29) is 0 Å². The standard InChI is InChI=1S/C9H15N5S/c1-3-5-10-6-8-13-14-7(4-2)11-12-9(14)15-8/h10H,3-6H2,1-2H3. The Bertz CT molecular complexity index is 433. The molecule has 0 atom stereocenters. The average Bonchev–Trinajstić information content (AvgIpc) is 2.77. The van der Waals surface area contributed by atoms with Gasteiger partial charge in [0.05, 0.1) is 0 Å². The lowest BCUT2D eigenvalue weighted by atomic mass is 10.5. The van der Waals surface area contributed by atoms with Crippen LogP contribution in [0.15, 0.2) is 0 Å². The molecule has 2 rings (SSSR count). The minimum Gasteiger partial charge on any atom is -0.310 e. The van der Waals surface area contributed by atoms with Crippen molar-refractivity contribution in [2.75, 3.05) is 6.54 Å². The molecule has 5 nitrogen and oxygen atoms in total. The number of hydrogen-bond donors (Lipinski definition) is 1. The Labute approximate surface area is 92.5 Å². The molecular formula is C9H15N5S. The van der Waals surface area contributed by atoms with E-state index in [9.17, 15) is 0 Å². The van der Waals surface area contributed by atoms with Gasteiger partial charge in [-0.05, 0) is 13.0 Å². The minimum atomic E-state index is 0.824. The molecule has 2 aromatic rings. The van der Waals surface area contributed by atoms with Crippen molar-refractivity contribution in [3.63, 3.8) is 0 Å². The Morgan fingerprint density at radius 2 is 2.20 bits per heavy atom. The summed E-state index contributed by atoms with van der Waals surface area (Å²) in [5.41, 5.74) is 0. The van der Waals surface area contributed by atoms with Gasteiger partial charge in [0.15, 0.2) is 5.82 Å². The van der Waals surface area contributed by atoms with Crippen LogP contribution in [0.2, 0.25) is 0 Å². The average molecular weight is 225 g/mol. The first-order valence-electron chi connectivity index (χ1n) is 5.25. The summed E-state index contributed by atoms with van der Waals surface area (Å²) in [6, 6.07) is 0. The first kappa shape index (κ1) is 10.5. The molecular weight excluding hydrogens is 210 g/mol. The van der Waals surface area contributed by atoms with Gasteiger partial charge in [0.25, 0.3) is 0 Å². The SMILES string of the molecule is CCCNCc1nn2c(CC)nnc2s1. The molecule has 1 N–H and O–H groups in total. The molecule has 6 heteroatoms. The summed E-state index contributed by atoms with van der Waals surface area (Å²) in [5.74, 6) is 0.933. The van der Waals surface area contributed by atoms with Crippen molar-refractivity contribution in [3.05, 3.63) is 10.8 Å². The lowest BCUT2D eigenvalue weighted by molar-refractivity contribution is 0.661. The van der Waals surface area contributed by atoms with E-state index in [0.717, 1.165) is 41.7 Å². The van der Waals surface area contributed by atoms with Crippen molar-refractivity contribution >= 4 is 16.3 Å². The van der Waals surface area contributed by atoms with Gasteiger partial charge in [-0.15, -0.1) is 10.2 Å². The third kappa shape index (κ3) is 2.15. The van der Waals surface area contributed by atoms with E-state index in [2.05, 4.69) is 34.5 Å². The topological polar surface area (TPSA) is 55.1 Å². The first-order valence-corrected chi connectivity index (χ1v) is 6.07. The quantitative estimate of drug-likeness (QED) is 0.778. The number of aromatic nitrogens is 4. The summed E-state index contributed by atoms with van der Waals surface area (Å²) in [5, 5.41) is 17.0. The van der Waals surface area contributed by atoms with E-state index in [4.69, 9.17) is 0 Å². The van der Waals surface area contributed by atoms with Gasteiger partial charge in [-0.2, -0.15) is 9.61 Å². The number of hydrogen-bond acceptors (Lipinski definition) is 5. The minimum absolute atomic E-state index is 0.824. The number of aryl methyl sites for hydroxylation is 1. The molecule has 0 aliphatic carbocycles. The highest BCUT2D eigenvalue weighted by Gasteiger charge is 2.09. The maximum absolute atomic E-state index is 4.46. The van der Waals surface area contributed by atoms with E-state index < -0.39 is 0 Å². The molecule has 0 saturated heterocycles. The molecule has 0 radical (unpaired) electrons. The Morgan fingerprint density at radius 3 is 2.93 bits per heavy atom. The molecule has 0 aliphatic heterocycles. The Kier molecular flexibility index (Phi) is 3.27. The highest BCUT2D eigenvalue weighted by Crippen LogP contribution is 2.13. The predicted octanol–water partition coefficient (Wildman–Crippen LogP) is 1.25. The van der Waals surface area contributed by atoms with Crippen LogP contribution in [0.4, 0.5) is 0 Å². The number of nitrogens with zero attached hydrogens (tertiary/aromatic N) is 4. The van der Waals surface area contributed by atoms with Crippen LogP contribution in [0.5, 0.6) is 0 Å².